The van der Waals surface area contributed by atoms with Gasteiger partial charge in [0.25, 0.3) is 0 Å². The number of alkyl halides is 1. The molecule has 11 heteroatoms. The van der Waals surface area contributed by atoms with Crippen LogP contribution in [0.25, 0.3) is 32.9 Å². The molecule has 45 heavy (non-hydrogen) atoms. The third-order valence-corrected chi connectivity index (χ3v) is 9.05. The Bertz CT molecular complexity index is 1740. The van der Waals surface area contributed by atoms with E-state index >= 15 is 4.39 Å². The summed E-state index contributed by atoms with van der Waals surface area (Å²) in [5.41, 5.74) is 0.0204. The number of hydrogen-bond acceptors (Lipinski definition) is 8. The van der Waals surface area contributed by atoms with Crippen LogP contribution in [0.5, 0.6) is 11.8 Å². The smallest absolute Gasteiger partial charge is 0.318 e. The molecule has 0 saturated carbocycles. The molecular formula is C34H36F3N5O3. The van der Waals surface area contributed by atoms with Crippen molar-refractivity contribution in [3.8, 4) is 35.4 Å². The summed E-state index contributed by atoms with van der Waals surface area (Å²) in [6, 6.07) is 6.08. The van der Waals surface area contributed by atoms with E-state index in [0.717, 1.165) is 25.8 Å². The zero-order valence-electron chi connectivity index (χ0n) is 25.4. The van der Waals surface area contributed by atoms with Gasteiger partial charge in [0.1, 0.15) is 34.8 Å². The lowest BCUT2D eigenvalue weighted by Gasteiger charge is -2.33. The third kappa shape index (κ3) is 6.09. The number of benzene rings is 2. The Morgan fingerprint density at radius 1 is 1.09 bits per heavy atom. The first-order chi connectivity index (χ1) is 21.8. The summed E-state index contributed by atoms with van der Waals surface area (Å²) in [5.74, 6) is 1.82. The van der Waals surface area contributed by atoms with Crippen molar-refractivity contribution in [3.05, 3.63) is 47.7 Å². The Labute approximate surface area is 260 Å². The second-order valence-electron chi connectivity index (χ2n) is 11.9. The average molecular weight is 620 g/mol. The maximum atomic E-state index is 16.1. The molecule has 4 aromatic rings. The van der Waals surface area contributed by atoms with Gasteiger partial charge in [0, 0.05) is 56.5 Å². The van der Waals surface area contributed by atoms with E-state index in [0.29, 0.717) is 54.8 Å². The molecule has 2 aromatic carbocycles. The minimum absolute atomic E-state index is 0.0102. The van der Waals surface area contributed by atoms with E-state index in [1.54, 1.807) is 7.11 Å². The van der Waals surface area contributed by atoms with Gasteiger partial charge in [0.15, 0.2) is 5.82 Å². The molecule has 3 aliphatic rings. The van der Waals surface area contributed by atoms with Crippen molar-refractivity contribution in [1.29, 1.82) is 0 Å². The number of ether oxygens (including phenoxy) is 2. The highest BCUT2D eigenvalue weighted by Crippen LogP contribution is 2.39. The number of anilines is 1. The summed E-state index contributed by atoms with van der Waals surface area (Å²) >= 11 is 0. The zero-order chi connectivity index (χ0) is 31.7. The molecule has 0 radical (unpaired) electrons. The summed E-state index contributed by atoms with van der Waals surface area (Å²) in [7, 11) is 3.11. The molecule has 3 aliphatic heterocycles. The number of aromatic hydroxyl groups is 1. The summed E-state index contributed by atoms with van der Waals surface area (Å²) in [6.07, 6.45) is 11.7. The monoisotopic (exact) mass is 619 g/mol. The van der Waals surface area contributed by atoms with E-state index in [4.69, 9.17) is 15.9 Å². The number of pyridine rings is 1. The van der Waals surface area contributed by atoms with Crippen LogP contribution in [0.15, 0.2) is 30.5 Å². The van der Waals surface area contributed by atoms with Crippen molar-refractivity contribution in [1.82, 2.24) is 19.9 Å². The maximum Gasteiger partial charge on any atom is 0.318 e. The van der Waals surface area contributed by atoms with Crippen LogP contribution >= 0.6 is 0 Å². The molecule has 3 fully saturated rings. The lowest BCUT2D eigenvalue weighted by atomic mass is 9.95. The number of terminal acetylenes is 1. The number of halogens is 3. The Kier molecular flexibility index (Phi) is 8.97. The standard InChI is InChI=1S/C27H24F2N4O3.C7H12FN/c1-4-18-21(28)6-5-16-11-17(34)12-19(22(16)18)24-23(29)25-20(13-30-24)26(32-27(31-25)36-3)33-9-7-15(8-10-33)14-35-2;8-6-4-7-2-1-3-9(7)5-6/h1,5-6,11-13,15,34H,7-10,14H2,2-3H3;6-7H,1-5H2. The topological polar surface area (TPSA) is 83.8 Å². The summed E-state index contributed by atoms with van der Waals surface area (Å²) in [4.78, 5) is 17.5. The van der Waals surface area contributed by atoms with E-state index in [1.807, 2.05) is 0 Å². The van der Waals surface area contributed by atoms with Crippen molar-refractivity contribution >= 4 is 27.5 Å². The van der Waals surface area contributed by atoms with Crippen molar-refractivity contribution in [2.24, 2.45) is 5.92 Å². The van der Waals surface area contributed by atoms with Gasteiger partial charge in [-0.1, -0.05) is 12.0 Å². The highest BCUT2D eigenvalue weighted by Gasteiger charge is 2.34. The first-order valence-electron chi connectivity index (χ1n) is 15.3. The van der Waals surface area contributed by atoms with Crippen LogP contribution in [-0.2, 0) is 4.74 Å². The van der Waals surface area contributed by atoms with Gasteiger partial charge in [-0.05, 0) is 68.2 Å². The number of aromatic nitrogens is 3. The van der Waals surface area contributed by atoms with Crippen LogP contribution in [0.2, 0.25) is 0 Å². The fraction of sp³-hybridized carbons (Fsp3) is 0.441. The molecule has 2 aromatic heterocycles. The number of fused-ring (bicyclic) bond motifs is 3. The molecule has 0 aliphatic carbocycles. The normalized spacial score (nSPS) is 20.2. The molecule has 3 saturated heterocycles. The quantitative estimate of drug-likeness (QED) is 0.278. The lowest BCUT2D eigenvalue weighted by Crippen LogP contribution is -2.35. The maximum absolute atomic E-state index is 16.1. The van der Waals surface area contributed by atoms with Crippen LogP contribution < -0.4 is 9.64 Å². The van der Waals surface area contributed by atoms with Gasteiger partial charge >= 0.3 is 6.01 Å². The van der Waals surface area contributed by atoms with Crippen LogP contribution in [0, 0.1) is 29.9 Å². The molecule has 236 valence electrons. The average Bonchev–Trinajstić information content (AvgIpc) is 3.62. The summed E-state index contributed by atoms with van der Waals surface area (Å²) < 4.78 is 53.8. The van der Waals surface area contributed by atoms with Crippen molar-refractivity contribution in [3.63, 3.8) is 0 Å². The molecule has 0 spiro atoms. The lowest BCUT2D eigenvalue weighted by molar-refractivity contribution is 0.139. The number of nitrogens with zero attached hydrogens (tertiary/aromatic N) is 5. The van der Waals surface area contributed by atoms with E-state index < -0.39 is 17.8 Å². The van der Waals surface area contributed by atoms with E-state index in [2.05, 4.69) is 30.7 Å². The predicted octanol–water partition coefficient (Wildman–Crippen LogP) is 5.87. The minimum Gasteiger partial charge on any atom is -0.508 e. The van der Waals surface area contributed by atoms with E-state index in [1.165, 1.54) is 50.4 Å². The molecule has 5 heterocycles. The number of piperidine rings is 1. The minimum atomic E-state index is -0.747. The van der Waals surface area contributed by atoms with Crippen LogP contribution in [0.3, 0.4) is 0 Å². The number of phenols is 1. The number of rotatable bonds is 5. The third-order valence-electron chi connectivity index (χ3n) is 9.05. The first kappa shape index (κ1) is 30.9. The molecule has 8 nitrogen and oxygen atoms in total. The molecule has 7 rings (SSSR count). The van der Waals surface area contributed by atoms with E-state index in [-0.39, 0.29) is 39.5 Å². The van der Waals surface area contributed by atoms with Crippen molar-refractivity contribution < 1.29 is 27.8 Å². The number of phenolic OH excluding ortho intramolecular Hbond substituents is 1. The van der Waals surface area contributed by atoms with Crippen molar-refractivity contribution in [2.75, 3.05) is 51.9 Å². The number of methoxy groups -OCH3 is 2. The van der Waals surface area contributed by atoms with Gasteiger partial charge in [-0.3, -0.25) is 9.88 Å². The molecule has 2 atom stereocenters. The van der Waals surface area contributed by atoms with Gasteiger partial charge in [-0.25, -0.2) is 13.2 Å². The van der Waals surface area contributed by atoms with Gasteiger partial charge in [-0.15, -0.1) is 6.42 Å². The highest BCUT2D eigenvalue weighted by atomic mass is 19.1. The molecule has 0 bridgehead atoms. The van der Waals surface area contributed by atoms with Crippen LogP contribution in [0.1, 0.15) is 37.7 Å². The second-order valence-corrected chi connectivity index (χ2v) is 11.9. The summed E-state index contributed by atoms with van der Waals surface area (Å²) in [6.45, 7) is 3.98. The van der Waals surface area contributed by atoms with Gasteiger partial charge < -0.3 is 19.5 Å². The van der Waals surface area contributed by atoms with E-state index in [9.17, 15) is 13.9 Å². The Morgan fingerprint density at radius 2 is 1.89 bits per heavy atom. The van der Waals surface area contributed by atoms with Crippen LogP contribution in [0.4, 0.5) is 19.0 Å². The Hall–Kier alpha value is -4.14. The molecule has 0 amide bonds. The SMILES string of the molecule is C#Cc1c(F)ccc2cc(O)cc(-c3ncc4c(N5CCC(COC)CC5)nc(OC)nc4c3F)c12.FC1CC2CCCN2C1. The van der Waals surface area contributed by atoms with Crippen LogP contribution in [-0.4, -0.2) is 84.2 Å². The summed E-state index contributed by atoms with van der Waals surface area (Å²) in [5, 5.41) is 11.5. The molecule has 2 unspecified atom stereocenters. The fourth-order valence-electron chi connectivity index (χ4n) is 6.87. The zero-order valence-corrected chi connectivity index (χ0v) is 25.4. The van der Waals surface area contributed by atoms with Gasteiger partial charge in [0.2, 0.25) is 0 Å². The highest BCUT2D eigenvalue weighted by molar-refractivity contribution is 6.03. The van der Waals surface area contributed by atoms with Gasteiger partial charge in [0.05, 0.1) is 18.1 Å². The first-order valence-corrected chi connectivity index (χ1v) is 15.3. The molecule has 1 N–H and O–H groups in total. The second kappa shape index (κ2) is 13.1. The Morgan fingerprint density at radius 3 is 2.60 bits per heavy atom. The largest absolute Gasteiger partial charge is 0.508 e. The molecular weight excluding hydrogens is 583 g/mol. The fourth-order valence-corrected chi connectivity index (χ4v) is 6.87. The predicted molar refractivity (Wildman–Crippen MR) is 167 cm³/mol. The Balaban J connectivity index is 0.000000337. The van der Waals surface area contributed by atoms with Crippen molar-refractivity contribution in [2.45, 2.75) is 44.3 Å². The number of hydrogen-bond donors (Lipinski definition) is 1. The van der Waals surface area contributed by atoms with Gasteiger partial charge in [-0.2, -0.15) is 9.97 Å².